The number of carbonyl (C=O) groups is 1. The quantitative estimate of drug-likeness (QED) is 0.893. The summed E-state index contributed by atoms with van der Waals surface area (Å²) in [5.74, 6) is 0. The number of hydrogen-bond acceptors (Lipinski definition) is 5. The lowest BCUT2D eigenvalue weighted by molar-refractivity contribution is 0.172. The number of rotatable bonds is 4. The molecule has 1 saturated heterocycles. The molecule has 0 atom stereocenters. The van der Waals surface area contributed by atoms with Gasteiger partial charge in [0.15, 0.2) is 12.0 Å². The van der Waals surface area contributed by atoms with E-state index >= 15 is 0 Å². The van der Waals surface area contributed by atoms with Crippen LogP contribution >= 0.6 is 0 Å². The Morgan fingerprint density at radius 2 is 2.04 bits per heavy atom. The predicted molar refractivity (Wildman–Crippen MR) is 88.0 cm³/mol. The molecule has 1 N–H and O–H groups in total. The summed E-state index contributed by atoms with van der Waals surface area (Å²) in [6, 6.07) is 4.50. The van der Waals surface area contributed by atoms with Crippen LogP contribution < -0.4 is 5.32 Å². The van der Waals surface area contributed by atoms with Crippen molar-refractivity contribution in [3.05, 3.63) is 24.6 Å². The lowest BCUT2D eigenvalue weighted by Crippen LogP contribution is -2.53. The first-order valence-electron chi connectivity index (χ1n) is 7.88. The third kappa shape index (κ3) is 3.22. The highest BCUT2D eigenvalue weighted by Crippen LogP contribution is 2.22. The Hall–Kier alpha value is -2.13. The molecule has 24 heavy (non-hydrogen) atoms. The fraction of sp³-hybridized carbons (Fsp3) is 0.467. The number of hydrogen-bond donors (Lipinski definition) is 1. The van der Waals surface area contributed by atoms with Gasteiger partial charge >= 0.3 is 6.03 Å². The van der Waals surface area contributed by atoms with Crippen LogP contribution in [0.2, 0.25) is 0 Å². The molecule has 2 amide bonds. The molecule has 1 aliphatic rings. The maximum Gasteiger partial charge on any atom is 0.317 e. The van der Waals surface area contributed by atoms with Gasteiger partial charge in [0, 0.05) is 38.8 Å². The number of nitrogens with one attached hydrogen (secondary N) is 1. The number of urea groups is 1. The molecule has 9 heteroatoms. The molecule has 0 radical (unpaired) electrons. The molecule has 2 heterocycles. The van der Waals surface area contributed by atoms with Crippen molar-refractivity contribution in [1.82, 2.24) is 19.5 Å². The summed E-state index contributed by atoms with van der Waals surface area (Å²) in [6.45, 7) is 3.90. The van der Waals surface area contributed by atoms with Crippen molar-refractivity contribution >= 4 is 27.2 Å². The van der Waals surface area contributed by atoms with E-state index in [1.165, 1.54) is 22.8 Å². The van der Waals surface area contributed by atoms with Crippen LogP contribution in [0.25, 0.3) is 11.1 Å². The first kappa shape index (κ1) is 16.7. The maximum atomic E-state index is 12.7. The molecule has 1 aromatic carbocycles. The number of benzene rings is 1. The van der Waals surface area contributed by atoms with Gasteiger partial charge in [0.2, 0.25) is 10.0 Å². The molecule has 0 bridgehead atoms. The summed E-state index contributed by atoms with van der Waals surface area (Å²) in [4.78, 5) is 17.7. The van der Waals surface area contributed by atoms with Gasteiger partial charge in [0.05, 0.1) is 4.90 Å². The molecule has 0 saturated carbocycles. The van der Waals surface area contributed by atoms with E-state index in [0.29, 0.717) is 30.7 Å². The van der Waals surface area contributed by atoms with Crippen LogP contribution in [0.15, 0.2) is 33.9 Å². The van der Waals surface area contributed by atoms with Gasteiger partial charge in [-0.3, -0.25) is 0 Å². The van der Waals surface area contributed by atoms with Gasteiger partial charge in [-0.15, -0.1) is 0 Å². The van der Waals surface area contributed by atoms with E-state index in [1.54, 1.807) is 11.0 Å². The Morgan fingerprint density at radius 1 is 1.29 bits per heavy atom. The van der Waals surface area contributed by atoms with Crippen molar-refractivity contribution < 1.29 is 17.6 Å². The van der Waals surface area contributed by atoms with Crippen molar-refractivity contribution in [1.29, 1.82) is 0 Å². The van der Waals surface area contributed by atoms with Gasteiger partial charge in [-0.25, -0.2) is 18.2 Å². The second kappa shape index (κ2) is 6.78. The SMILES string of the molecule is CCCNC(=O)N1CCN(S(=O)(=O)c2ccc3ncoc3c2)CC1. The number of piperazine rings is 1. The van der Waals surface area contributed by atoms with Crippen molar-refractivity contribution in [2.45, 2.75) is 18.2 Å². The lowest BCUT2D eigenvalue weighted by atomic mass is 10.3. The van der Waals surface area contributed by atoms with Crippen LogP contribution in [-0.4, -0.2) is 61.4 Å². The fourth-order valence-corrected chi connectivity index (χ4v) is 4.06. The van der Waals surface area contributed by atoms with E-state index in [4.69, 9.17) is 4.42 Å². The second-order valence-electron chi connectivity index (χ2n) is 5.60. The van der Waals surface area contributed by atoms with Gasteiger partial charge < -0.3 is 14.6 Å². The van der Waals surface area contributed by atoms with E-state index in [-0.39, 0.29) is 24.0 Å². The Morgan fingerprint density at radius 3 is 2.75 bits per heavy atom. The third-order valence-electron chi connectivity index (χ3n) is 3.99. The largest absolute Gasteiger partial charge is 0.443 e. The molecule has 0 spiro atoms. The number of nitrogens with zero attached hydrogens (tertiary/aromatic N) is 3. The zero-order valence-electron chi connectivity index (χ0n) is 13.4. The minimum atomic E-state index is -3.61. The van der Waals surface area contributed by atoms with Crippen LogP contribution in [0.1, 0.15) is 13.3 Å². The topological polar surface area (TPSA) is 95.8 Å². The van der Waals surface area contributed by atoms with Crippen molar-refractivity contribution in [3.63, 3.8) is 0 Å². The van der Waals surface area contributed by atoms with E-state index in [0.717, 1.165) is 6.42 Å². The van der Waals surface area contributed by atoms with Gasteiger partial charge in [-0.05, 0) is 18.6 Å². The number of sulfonamides is 1. The molecular formula is C15H20N4O4S. The van der Waals surface area contributed by atoms with Crippen LogP contribution in [-0.2, 0) is 10.0 Å². The van der Waals surface area contributed by atoms with Gasteiger partial charge in [0.25, 0.3) is 0 Å². The zero-order chi connectivity index (χ0) is 17.2. The molecule has 1 aromatic heterocycles. The van der Waals surface area contributed by atoms with E-state index < -0.39 is 10.0 Å². The smallest absolute Gasteiger partial charge is 0.317 e. The first-order valence-corrected chi connectivity index (χ1v) is 9.32. The Bertz CT molecular complexity index is 825. The molecular weight excluding hydrogens is 332 g/mol. The highest BCUT2D eigenvalue weighted by Gasteiger charge is 2.30. The minimum absolute atomic E-state index is 0.142. The lowest BCUT2D eigenvalue weighted by Gasteiger charge is -2.33. The molecule has 1 aliphatic heterocycles. The van der Waals surface area contributed by atoms with Crippen molar-refractivity contribution in [3.8, 4) is 0 Å². The molecule has 3 rings (SSSR count). The van der Waals surface area contributed by atoms with Crippen LogP contribution in [0.5, 0.6) is 0 Å². The predicted octanol–water partition coefficient (Wildman–Crippen LogP) is 1.25. The molecule has 130 valence electrons. The maximum absolute atomic E-state index is 12.7. The number of amides is 2. The molecule has 8 nitrogen and oxygen atoms in total. The van der Waals surface area contributed by atoms with E-state index in [2.05, 4.69) is 10.3 Å². The van der Waals surface area contributed by atoms with Crippen molar-refractivity contribution in [2.75, 3.05) is 32.7 Å². The van der Waals surface area contributed by atoms with Gasteiger partial charge in [-0.2, -0.15) is 4.31 Å². The molecule has 0 unspecified atom stereocenters. The Kier molecular flexibility index (Phi) is 4.72. The number of fused-ring (bicyclic) bond motifs is 1. The average Bonchev–Trinajstić information content (AvgIpc) is 3.07. The summed E-state index contributed by atoms with van der Waals surface area (Å²) in [7, 11) is -3.61. The summed E-state index contributed by atoms with van der Waals surface area (Å²) in [5.41, 5.74) is 1.06. The van der Waals surface area contributed by atoms with Gasteiger partial charge in [0.1, 0.15) is 5.52 Å². The summed E-state index contributed by atoms with van der Waals surface area (Å²) >= 11 is 0. The van der Waals surface area contributed by atoms with Gasteiger partial charge in [-0.1, -0.05) is 6.92 Å². The number of carbonyl (C=O) groups excluding carboxylic acids is 1. The summed E-state index contributed by atoms with van der Waals surface area (Å²) in [6.07, 6.45) is 2.15. The van der Waals surface area contributed by atoms with E-state index in [9.17, 15) is 13.2 Å². The minimum Gasteiger partial charge on any atom is -0.443 e. The Labute approximate surface area is 140 Å². The summed E-state index contributed by atoms with van der Waals surface area (Å²) < 4.78 is 32.1. The van der Waals surface area contributed by atoms with Crippen LogP contribution in [0.4, 0.5) is 4.79 Å². The highest BCUT2D eigenvalue weighted by atomic mass is 32.2. The molecule has 0 aliphatic carbocycles. The molecule has 1 fully saturated rings. The monoisotopic (exact) mass is 352 g/mol. The second-order valence-corrected chi connectivity index (χ2v) is 7.54. The Balaban J connectivity index is 1.69. The van der Waals surface area contributed by atoms with Crippen LogP contribution in [0.3, 0.4) is 0 Å². The van der Waals surface area contributed by atoms with E-state index in [1.807, 2.05) is 6.92 Å². The third-order valence-corrected chi connectivity index (χ3v) is 5.89. The average molecular weight is 352 g/mol. The number of aromatic nitrogens is 1. The normalized spacial score (nSPS) is 16.5. The van der Waals surface area contributed by atoms with Crippen molar-refractivity contribution in [2.24, 2.45) is 0 Å². The first-order chi connectivity index (χ1) is 11.5. The molecule has 2 aromatic rings. The number of oxazole rings is 1. The fourth-order valence-electron chi connectivity index (χ4n) is 2.62. The zero-order valence-corrected chi connectivity index (χ0v) is 14.3. The van der Waals surface area contributed by atoms with Crippen LogP contribution in [0, 0.1) is 0 Å². The standard InChI is InChI=1S/C15H20N4O4S/c1-2-5-16-15(20)18-6-8-19(9-7-18)24(21,22)12-3-4-13-14(10-12)23-11-17-13/h3-4,10-11H,2,5-9H2,1H3,(H,16,20). The highest BCUT2D eigenvalue weighted by molar-refractivity contribution is 7.89. The summed E-state index contributed by atoms with van der Waals surface area (Å²) in [5, 5.41) is 2.80.